The molecule has 8 heteroatoms. The lowest BCUT2D eigenvalue weighted by atomic mass is 10.1. The van der Waals surface area contributed by atoms with E-state index in [1.54, 1.807) is 11.0 Å². The number of benzene rings is 1. The number of aliphatic hydroxyl groups is 1. The van der Waals surface area contributed by atoms with Crippen molar-refractivity contribution in [1.29, 1.82) is 0 Å². The number of rotatable bonds is 2. The van der Waals surface area contributed by atoms with Crippen molar-refractivity contribution < 1.29 is 10.0 Å². The van der Waals surface area contributed by atoms with Crippen molar-refractivity contribution in [1.82, 2.24) is 9.97 Å². The Hall–Kier alpha value is -2.48. The van der Waals surface area contributed by atoms with Gasteiger partial charge in [0.25, 0.3) is 11.2 Å². The first kappa shape index (κ1) is 13.5. The average molecular weight is 290 g/mol. The minimum absolute atomic E-state index is 0.143. The van der Waals surface area contributed by atoms with E-state index in [4.69, 9.17) is 0 Å². The van der Waals surface area contributed by atoms with Crippen molar-refractivity contribution in [2.45, 2.75) is 18.9 Å². The van der Waals surface area contributed by atoms with Gasteiger partial charge < -0.3 is 15.0 Å². The van der Waals surface area contributed by atoms with Gasteiger partial charge in [0.1, 0.15) is 5.69 Å². The van der Waals surface area contributed by atoms with Crippen molar-refractivity contribution in [2.24, 2.45) is 0 Å². The summed E-state index contributed by atoms with van der Waals surface area (Å²) in [5.41, 5.74) is 0.243. The molecule has 1 aliphatic rings. The van der Waals surface area contributed by atoms with Gasteiger partial charge in [0.05, 0.1) is 28.3 Å². The van der Waals surface area contributed by atoms with Crippen LogP contribution in [0.15, 0.2) is 23.3 Å². The molecule has 0 radical (unpaired) electrons. The number of H-pyrrole nitrogens is 1. The third-order valence-corrected chi connectivity index (χ3v) is 3.67. The number of nitro benzene ring substituents is 1. The van der Waals surface area contributed by atoms with Gasteiger partial charge in [-0.15, -0.1) is 0 Å². The highest BCUT2D eigenvalue weighted by Crippen LogP contribution is 2.32. The number of nitrogens with zero attached hydrogens (tertiary/aromatic N) is 3. The Labute approximate surface area is 119 Å². The summed E-state index contributed by atoms with van der Waals surface area (Å²) < 4.78 is 0. The van der Waals surface area contributed by atoms with Crippen LogP contribution < -0.4 is 10.5 Å². The highest BCUT2D eigenvalue weighted by molar-refractivity contribution is 5.87. The molecule has 2 aromatic rings. The lowest BCUT2D eigenvalue weighted by molar-refractivity contribution is -0.384. The van der Waals surface area contributed by atoms with Gasteiger partial charge in [0.15, 0.2) is 0 Å². The van der Waals surface area contributed by atoms with Gasteiger partial charge in [-0.2, -0.15) is 0 Å². The number of aromatic amines is 1. The highest BCUT2D eigenvalue weighted by atomic mass is 16.6. The number of hydrogen-bond acceptors (Lipinski definition) is 6. The molecular weight excluding hydrogens is 276 g/mol. The Balaban J connectivity index is 2.18. The number of piperidine rings is 1. The third kappa shape index (κ3) is 2.45. The van der Waals surface area contributed by atoms with Gasteiger partial charge in [-0.25, -0.2) is 4.98 Å². The zero-order valence-corrected chi connectivity index (χ0v) is 11.2. The molecule has 0 spiro atoms. The fraction of sp³-hybridized carbons (Fsp3) is 0.385. The quantitative estimate of drug-likeness (QED) is 0.624. The molecule has 0 unspecified atom stereocenters. The smallest absolute Gasteiger partial charge is 0.293 e. The zero-order chi connectivity index (χ0) is 15.0. The second kappa shape index (κ2) is 5.13. The lowest BCUT2D eigenvalue weighted by Gasteiger charge is -2.31. The van der Waals surface area contributed by atoms with E-state index in [2.05, 4.69) is 9.97 Å². The van der Waals surface area contributed by atoms with Crippen molar-refractivity contribution in [3.8, 4) is 0 Å². The van der Waals surface area contributed by atoms with Gasteiger partial charge in [-0.05, 0) is 18.9 Å². The molecule has 1 fully saturated rings. The van der Waals surface area contributed by atoms with Crippen molar-refractivity contribution in [3.05, 3.63) is 38.9 Å². The molecule has 0 saturated carbocycles. The molecule has 1 aromatic carbocycles. The van der Waals surface area contributed by atoms with Crippen LogP contribution in [0.3, 0.4) is 0 Å². The SMILES string of the molecule is O=c1[nH]cnc2cc(N3CCC[C@H](O)C3)c([N+](=O)[O-])cc12. The first-order valence-corrected chi connectivity index (χ1v) is 6.65. The number of nitrogens with one attached hydrogen (secondary N) is 1. The lowest BCUT2D eigenvalue weighted by Crippen LogP contribution is -2.38. The first-order valence-electron chi connectivity index (χ1n) is 6.65. The number of β-amino-alcohol motifs (C(OH)–C–C–N with tert-alkyl or cyclic N) is 1. The standard InChI is InChI=1S/C13H14N4O4/c18-8-2-1-3-16(6-8)11-5-10-9(4-12(11)17(20)21)13(19)15-7-14-10/h4-5,7-8,18H,1-3,6H2,(H,14,15,19)/t8-/m0/s1. The molecule has 1 aliphatic heterocycles. The van der Waals surface area contributed by atoms with Gasteiger partial charge in [-0.1, -0.05) is 0 Å². The van der Waals surface area contributed by atoms with Gasteiger partial charge in [0.2, 0.25) is 0 Å². The van der Waals surface area contributed by atoms with E-state index >= 15 is 0 Å². The van der Waals surface area contributed by atoms with Crippen LogP contribution in [0.4, 0.5) is 11.4 Å². The molecule has 21 heavy (non-hydrogen) atoms. The van der Waals surface area contributed by atoms with Crippen LogP contribution in [0.5, 0.6) is 0 Å². The summed E-state index contributed by atoms with van der Waals surface area (Å²) in [6, 6.07) is 2.79. The van der Waals surface area contributed by atoms with E-state index < -0.39 is 16.6 Å². The Kier molecular flexibility index (Phi) is 3.30. The molecule has 110 valence electrons. The minimum Gasteiger partial charge on any atom is -0.391 e. The topological polar surface area (TPSA) is 112 Å². The van der Waals surface area contributed by atoms with Crippen LogP contribution >= 0.6 is 0 Å². The summed E-state index contributed by atoms with van der Waals surface area (Å²) in [6.45, 7) is 0.974. The summed E-state index contributed by atoms with van der Waals surface area (Å²) >= 11 is 0. The van der Waals surface area contributed by atoms with Crippen LogP contribution in [0, 0.1) is 10.1 Å². The molecule has 2 N–H and O–H groups in total. The highest BCUT2D eigenvalue weighted by Gasteiger charge is 2.25. The largest absolute Gasteiger partial charge is 0.391 e. The number of fused-ring (bicyclic) bond motifs is 1. The predicted molar refractivity (Wildman–Crippen MR) is 76.5 cm³/mol. The maximum absolute atomic E-state index is 11.7. The van der Waals surface area contributed by atoms with E-state index in [1.165, 1.54) is 12.4 Å². The molecule has 8 nitrogen and oxygen atoms in total. The van der Waals surface area contributed by atoms with Crippen molar-refractivity contribution in [3.63, 3.8) is 0 Å². The number of aliphatic hydroxyl groups excluding tert-OH is 1. The fourth-order valence-corrected chi connectivity index (χ4v) is 2.67. The molecule has 1 atom stereocenters. The molecule has 1 aromatic heterocycles. The second-order valence-corrected chi connectivity index (χ2v) is 5.09. The Morgan fingerprint density at radius 2 is 2.29 bits per heavy atom. The normalized spacial score (nSPS) is 18.9. The molecule has 1 saturated heterocycles. The average Bonchev–Trinajstić information content (AvgIpc) is 2.46. The molecular formula is C13H14N4O4. The summed E-state index contributed by atoms with van der Waals surface area (Å²) in [7, 11) is 0. The molecule has 0 bridgehead atoms. The first-order chi connectivity index (χ1) is 10.1. The number of anilines is 1. The van der Waals surface area contributed by atoms with Crippen LogP contribution in [0.1, 0.15) is 12.8 Å². The number of hydrogen-bond donors (Lipinski definition) is 2. The van der Waals surface area contributed by atoms with Crippen LogP contribution in [-0.4, -0.2) is 39.2 Å². The molecule has 2 heterocycles. The monoisotopic (exact) mass is 290 g/mol. The Bertz CT molecular complexity index is 757. The molecule has 0 amide bonds. The van der Waals surface area contributed by atoms with Crippen LogP contribution in [-0.2, 0) is 0 Å². The second-order valence-electron chi connectivity index (χ2n) is 5.09. The van der Waals surface area contributed by atoms with Crippen molar-refractivity contribution in [2.75, 3.05) is 18.0 Å². The Morgan fingerprint density at radius 1 is 1.48 bits per heavy atom. The van der Waals surface area contributed by atoms with Crippen LogP contribution in [0.25, 0.3) is 10.9 Å². The van der Waals surface area contributed by atoms with E-state index in [0.717, 1.165) is 6.42 Å². The van der Waals surface area contributed by atoms with E-state index in [9.17, 15) is 20.0 Å². The number of nitro groups is 1. The van der Waals surface area contributed by atoms with Gasteiger partial charge in [0, 0.05) is 19.2 Å². The van der Waals surface area contributed by atoms with E-state index in [-0.39, 0.29) is 11.1 Å². The van der Waals surface area contributed by atoms with Crippen LogP contribution in [0.2, 0.25) is 0 Å². The van der Waals surface area contributed by atoms with E-state index in [1.807, 2.05) is 0 Å². The summed E-state index contributed by atoms with van der Waals surface area (Å²) in [5, 5.41) is 21.2. The number of aromatic nitrogens is 2. The predicted octanol–water partition coefficient (Wildman–Crippen LogP) is 0.792. The van der Waals surface area contributed by atoms with Gasteiger partial charge >= 0.3 is 0 Å². The molecule has 0 aliphatic carbocycles. The van der Waals surface area contributed by atoms with Crippen molar-refractivity contribution >= 4 is 22.3 Å². The summed E-state index contributed by atoms with van der Waals surface area (Å²) in [4.78, 5) is 30.7. The van der Waals surface area contributed by atoms with Gasteiger partial charge in [-0.3, -0.25) is 14.9 Å². The van der Waals surface area contributed by atoms with E-state index in [0.29, 0.717) is 30.7 Å². The minimum atomic E-state index is -0.512. The summed E-state index contributed by atoms with van der Waals surface area (Å²) in [5.74, 6) is 0. The summed E-state index contributed by atoms with van der Waals surface area (Å²) in [6.07, 6.45) is 2.22. The molecule has 3 rings (SSSR count). The zero-order valence-electron chi connectivity index (χ0n) is 11.2. The fourth-order valence-electron chi connectivity index (χ4n) is 2.67. The maximum Gasteiger partial charge on any atom is 0.293 e. The maximum atomic E-state index is 11.7. The Morgan fingerprint density at radius 3 is 3.00 bits per heavy atom. The third-order valence-electron chi connectivity index (χ3n) is 3.67.